The molecule has 0 aliphatic carbocycles. The van der Waals surface area contributed by atoms with Crippen LogP contribution in [0, 0.1) is 0 Å². The van der Waals surface area contributed by atoms with E-state index in [1.165, 1.54) is 7.11 Å². The maximum absolute atomic E-state index is 11.3. The van der Waals surface area contributed by atoms with Gasteiger partial charge >= 0.3 is 5.97 Å². The Morgan fingerprint density at radius 3 is 2.84 bits per heavy atom. The van der Waals surface area contributed by atoms with Crippen molar-refractivity contribution in [3.63, 3.8) is 0 Å². The Morgan fingerprint density at radius 2 is 2.16 bits per heavy atom. The van der Waals surface area contributed by atoms with Gasteiger partial charge in [0.15, 0.2) is 0 Å². The molecule has 0 amide bonds. The minimum atomic E-state index is -0.325. The number of hydrogen-bond acceptors (Lipinski definition) is 5. The van der Waals surface area contributed by atoms with Crippen molar-refractivity contribution in [2.45, 2.75) is 19.5 Å². The zero-order valence-electron chi connectivity index (χ0n) is 10.9. The number of esters is 1. The Bertz CT molecular complexity index is 539. The van der Waals surface area contributed by atoms with Crippen LogP contribution in [0.2, 0.25) is 0 Å². The van der Waals surface area contributed by atoms with Crippen molar-refractivity contribution in [3.05, 3.63) is 40.7 Å². The quantitative estimate of drug-likeness (QED) is 0.852. The fraction of sp³-hybridized carbons (Fsp3) is 0.286. The lowest BCUT2D eigenvalue weighted by molar-refractivity contribution is -0.142. The average Bonchev–Trinajstić information content (AvgIpc) is 2.93. The maximum atomic E-state index is 11.3. The third-order valence-corrected chi connectivity index (χ3v) is 3.58. The van der Waals surface area contributed by atoms with Crippen LogP contribution in [0.1, 0.15) is 11.9 Å². The fourth-order valence-corrected chi connectivity index (χ4v) is 2.39. The van der Waals surface area contributed by atoms with Crippen LogP contribution >= 0.6 is 11.3 Å². The summed E-state index contributed by atoms with van der Waals surface area (Å²) in [7, 11) is 1.39. The zero-order chi connectivity index (χ0) is 13.7. The van der Waals surface area contributed by atoms with Crippen LogP contribution < -0.4 is 5.32 Å². The summed E-state index contributed by atoms with van der Waals surface area (Å²) in [6.45, 7) is 2.34. The third kappa shape index (κ3) is 3.62. The Morgan fingerprint density at radius 1 is 1.42 bits per heavy atom. The van der Waals surface area contributed by atoms with Crippen LogP contribution in [0.4, 0.5) is 0 Å². The molecule has 0 saturated heterocycles. The SMILES string of the molecule is COC(=O)[C@H](C)NCc1nc(-c2ccccc2)cs1. The molecule has 0 bridgehead atoms. The van der Waals surface area contributed by atoms with Crippen molar-refractivity contribution >= 4 is 17.3 Å². The number of benzene rings is 1. The number of nitrogens with zero attached hydrogens (tertiary/aromatic N) is 1. The van der Waals surface area contributed by atoms with Crippen LogP contribution in [-0.4, -0.2) is 24.1 Å². The zero-order valence-corrected chi connectivity index (χ0v) is 11.7. The molecule has 0 spiro atoms. The fourth-order valence-electron chi connectivity index (χ4n) is 1.63. The summed E-state index contributed by atoms with van der Waals surface area (Å²) < 4.78 is 4.66. The first-order valence-electron chi connectivity index (χ1n) is 6.01. The molecule has 1 aromatic carbocycles. The molecular weight excluding hydrogens is 260 g/mol. The molecule has 0 aliphatic heterocycles. The van der Waals surface area contributed by atoms with E-state index >= 15 is 0 Å². The predicted molar refractivity (Wildman–Crippen MR) is 75.9 cm³/mol. The summed E-state index contributed by atoms with van der Waals surface area (Å²) in [5.41, 5.74) is 2.07. The van der Waals surface area contributed by atoms with Gasteiger partial charge in [-0.15, -0.1) is 11.3 Å². The number of aromatic nitrogens is 1. The summed E-state index contributed by atoms with van der Waals surface area (Å²) in [6.07, 6.45) is 0. The minimum Gasteiger partial charge on any atom is -0.468 e. The minimum absolute atomic E-state index is 0.264. The van der Waals surface area contributed by atoms with Crippen molar-refractivity contribution in [3.8, 4) is 11.3 Å². The summed E-state index contributed by atoms with van der Waals surface area (Å²) >= 11 is 1.58. The van der Waals surface area contributed by atoms with Crippen LogP contribution in [-0.2, 0) is 16.1 Å². The molecule has 1 heterocycles. The monoisotopic (exact) mass is 276 g/mol. The van der Waals surface area contributed by atoms with Crippen molar-refractivity contribution in [1.29, 1.82) is 0 Å². The van der Waals surface area contributed by atoms with E-state index in [1.807, 2.05) is 35.7 Å². The molecule has 0 aliphatic rings. The first kappa shape index (κ1) is 13.7. The van der Waals surface area contributed by atoms with Gasteiger partial charge in [-0.3, -0.25) is 10.1 Å². The highest BCUT2D eigenvalue weighted by Crippen LogP contribution is 2.21. The Balaban J connectivity index is 1.97. The standard InChI is InChI=1S/C14H16N2O2S/c1-10(14(17)18-2)15-8-13-16-12(9-19-13)11-6-4-3-5-7-11/h3-7,9-10,15H,8H2,1-2H3/t10-/m0/s1. The van der Waals surface area contributed by atoms with Gasteiger partial charge in [-0.05, 0) is 6.92 Å². The number of methoxy groups -OCH3 is 1. The molecule has 0 radical (unpaired) electrons. The summed E-state index contributed by atoms with van der Waals surface area (Å²) in [6, 6.07) is 9.70. The smallest absolute Gasteiger partial charge is 0.322 e. The summed E-state index contributed by atoms with van der Waals surface area (Å²) in [4.78, 5) is 15.8. The van der Waals surface area contributed by atoms with E-state index in [4.69, 9.17) is 0 Å². The van der Waals surface area contributed by atoms with E-state index in [1.54, 1.807) is 18.3 Å². The van der Waals surface area contributed by atoms with Crippen LogP contribution in [0.25, 0.3) is 11.3 Å². The average molecular weight is 276 g/mol. The lowest BCUT2D eigenvalue weighted by atomic mass is 10.2. The maximum Gasteiger partial charge on any atom is 0.322 e. The normalized spacial score (nSPS) is 12.1. The molecule has 4 nitrogen and oxygen atoms in total. The van der Waals surface area contributed by atoms with Gasteiger partial charge in [0, 0.05) is 17.5 Å². The van der Waals surface area contributed by atoms with Crippen LogP contribution in [0.5, 0.6) is 0 Å². The molecule has 100 valence electrons. The topological polar surface area (TPSA) is 51.2 Å². The largest absolute Gasteiger partial charge is 0.468 e. The lowest BCUT2D eigenvalue weighted by Crippen LogP contribution is -2.34. The van der Waals surface area contributed by atoms with Gasteiger partial charge in [0.1, 0.15) is 11.0 Å². The summed E-state index contributed by atoms with van der Waals surface area (Å²) in [5, 5.41) is 6.06. The molecule has 19 heavy (non-hydrogen) atoms. The van der Waals surface area contributed by atoms with E-state index < -0.39 is 0 Å². The third-order valence-electron chi connectivity index (χ3n) is 2.74. The van der Waals surface area contributed by atoms with Crippen molar-refractivity contribution in [2.24, 2.45) is 0 Å². The van der Waals surface area contributed by atoms with Gasteiger partial charge in [0.25, 0.3) is 0 Å². The predicted octanol–water partition coefficient (Wildman–Crippen LogP) is 2.46. The Labute approximate surface area is 116 Å². The highest BCUT2D eigenvalue weighted by atomic mass is 32.1. The van der Waals surface area contributed by atoms with Gasteiger partial charge in [-0.25, -0.2) is 4.98 Å². The Hall–Kier alpha value is -1.72. The number of thiazole rings is 1. The van der Waals surface area contributed by atoms with E-state index in [-0.39, 0.29) is 12.0 Å². The molecule has 1 aromatic heterocycles. The van der Waals surface area contributed by atoms with Crippen LogP contribution in [0.3, 0.4) is 0 Å². The second-order valence-corrected chi connectivity index (χ2v) is 5.06. The number of rotatable bonds is 5. The Kier molecular flexibility index (Phi) is 4.65. The van der Waals surface area contributed by atoms with Crippen molar-refractivity contribution in [2.75, 3.05) is 7.11 Å². The van der Waals surface area contributed by atoms with E-state index in [0.29, 0.717) is 6.54 Å². The van der Waals surface area contributed by atoms with E-state index in [9.17, 15) is 4.79 Å². The van der Waals surface area contributed by atoms with E-state index in [2.05, 4.69) is 15.0 Å². The molecular formula is C14H16N2O2S. The van der Waals surface area contributed by atoms with Crippen molar-refractivity contribution in [1.82, 2.24) is 10.3 Å². The number of carbonyl (C=O) groups excluding carboxylic acids is 1. The van der Waals surface area contributed by atoms with Gasteiger partial charge in [-0.1, -0.05) is 30.3 Å². The van der Waals surface area contributed by atoms with Gasteiger partial charge in [-0.2, -0.15) is 0 Å². The first-order valence-corrected chi connectivity index (χ1v) is 6.89. The number of hydrogen-bond donors (Lipinski definition) is 1. The molecule has 5 heteroatoms. The number of carbonyl (C=O) groups is 1. The highest BCUT2D eigenvalue weighted by Gasteiger charge is 2.13. The summed E-state index contributed by atoms with van der Waals surface area (Å²) in [5.74, 6) is -0.264. The highest BCUT2D eigenvalue weighted by molar-refractivity contribution is 7.09. The molecule has 2 aromatic rings. The van der Waals surface area contributed by atoms with Crippen LogP contribution in [0.15, 0.2) is 35.7 Å². The van der Waals surface area contributed by atoms with Gasteiger partial charge < -0.3 is 4.74 Å². The molecule has 1 atom stereocenters. The lowest BCUT2D eigenvalue weighted by Gasteiger charge is -2.09. The van der Waals surface area contributed by atoms with E-state index in [0.717, 1.165) is 16.3 Å². The van der Waals surface area contributed by atoms with Crippen molar-refractivity contribution < 1.29 is 9.53 Å². The molecule has 2 rings (SSSR count). The second-order valence-electron chi connectivity index (χ2n) is 4.12. The number of ether oxygens (including phenoxy) is 1. The molecule has 0 saturated carbocycles. The first-order chi connectivity index (χ1) is 9.20. The molecule has 0 fully saturated rings. The van der Waals surface area contributed by atoms with Gasteiger partial charge in [0.05, 0.1) is 12.8 Å². The number of nitrogens with one attached hydrogen (secondary N) is 1. The molecule has 1 N–H and O–H groups in total. The molecule has 0 unspecified atom stereocenters. The van der Waals surface area contributed by atoms with Gasteiger partial charge in [0.2, 0.25) is 0 Å². The second kappa shape index (κ2) is 6.45.